The fourth-order valence-corrected chi connectivity index (χ4v) is 4.27. The molecule has 1 unspecified atom stereocenters. The van der Waals surface area contributed by atoms with Gasteiger partial charge < -0.3 is 15.0 Å². The van der Waals surface area contributed by atoms with Crippen LogP contribution in [0.4, 0.5) is 17.3 Å². The maximum Gasteiger partial charge on any atom is 0.253 e. The van der Waals surface area contributed by atoms with E-state index in [2.05, 4.69) is 26.5 Å². The molecule has 168 valence electrons. The first-order valence-electron chi connectivity index (χ1n) is 11.2. The first-order chi connectivity index (χ1) is 16.2. The SMILES string of the molecule is N#CCC(C1CCC1)n1cc(-c2ccnc(Nc3ccc(N4CCOCC4=O)cc3)n2)cn1. The van der Waals surface area contributed by atoms with Crippen LogP contribution < -0.4 is 10.2 Å². The van der Waals surface area contributed by atoms with Gasteiger partial charge in [0.05, 0.1) is 37.0 Å². The molecule has 2 aromatic heterocycles. The van der Waals surface area contributed by atoms with E-state index in [1.165, 1.54) is 6.42 Å². The van der Waals surface area contributed by atoms with E-state index in [9.17, 15) is 10.1 Å². The van der Waals surface area contributed by atoms with Gasteiger partial charge in [0.25, 0.3) is 5.91 Å². The number of amides is 1. The second-order valence-corrected chi connectivity index (χ2v) is 8.36. The number of hydrogen-bond donors (Lipinski definition) is 1. The van der Waals surface area contributed by atoms with Crippen molar-refractivity contribution >= 4 is 23.2 Å². The third kappa shape index (κ3) is 4.56. The van der Waals surface area contributed by atoms with Gasteiger partial charge in [0.1, 0.15) is 6.61 Å². The van der Waals surface area contributed by atoms with E-state index in [-0.39, 0.29) is 18.6 Å². The highest BCUT2D eigenvalue weighted by molar-refractivity contribution is 5.95. The van der Waals surface area contributed by atoms with E-state index in [1.807, 2.05) is 41.2 Å². The van der Waals surface area contributed by atoms with Gasteiger partial charge in [-0.1, -0.05) is 6.42 Å². The zero-order valence-electron chi connectivity index (χ0n) is 18.2. The number of ether oxygens (including phenoxy) is 1. The third-order valence-corrected chi connectivity index (χ3v) is 6.31. The number of nitrogens with one attached hydrogen (secondary N) is 1. The highest BCUT2D eigenvalue weighted by atomic mass is 16.5. The predicted octanol–water partition coefficient (Wildman–Crippen LogP) is 3.70. The molecular weight excluding hydrogens is 418 g/mol. The monoisotopic (exact) mass is 443 g/mol. The van der Waals surface area contributed by atoms with E-state index < -0.39 is 0 Å². The lowest BCUT2D eigenvalue weighted by molar-refractivity contribution is -0.125. The summed E-state index contributed by atoms with van der Waals surface area (Å²) in [7, 11) is 0. The fraction of sp³-hybridized carbons (Fsp3) is 0.375. The Morgan fingerprint density at radius 3 is 2.82 bits per heavy atom. The Bertz CT molecular complexity index is 1160. The molecule has 1 aromatic carbocycles. The topological polar surface area (TPSA) is 109 Å². The minimum Gasteiger partial charge on any atom is -0.370 e. The van der Waals surface area contributed by atoms with Crippen molar-refractivity contribution in [1.82, 2.24) is 19.7 Å². The maximum atomic E-state index is 12.0. The molecule has 1 amide bonds. The Hall–Kier alpha value is -3.77. The first-order valence-corrected chi connectivity index (χ1v) is 11.2. The molecule has 1 atom stereocenters. The summed E-state index contributed by atoms with van der Waals surface area (Å²) in [5.74, 6) is 0.964. The number of hydrogen-bond acceptors (Lipinski definition) is 7. The number of nitrogens with zero attached hydrogens (tertiary/aromatic N) is 6. The number of carbonyl (C=O) groups is 1. The van der Waals surface area contributed by atoms with Crippen LogP contribution in [0.15, 0.2) is 48.9 Å². The van der Waals surface area contributed by atoms with Crippen molar-refractivity contribution in [2.24, 2.45) is 5.92 Å². The van der Waals surface area contributed by atoms with Crippen LogP contribution in [0.2, 0.25) is 0 Å². The Morgan fingerprint density at radius 1 is 1.24 bits per heavy atom. The maximum absolute atomic E-state index is 12.0. The van der Waals surface area contributed by atoms with Crippen LogP contribution in [0.3, 0.4) is 0 Å². The molecule has 0 radical (unpaired) electrons. The lowest BCUT2D eigenvalue weighted by atomic mass is 9.79. The summed E-state index contributed by atoms with van der Waals surface area (Å²) in [4.78, 5) is 22.7. The largest absolute Gasteiger partial charge is 0.370 e. The van der Waals surface area contributed by atoms with Gasteiger partial charge in [-0.15, -0.1) is 0 Å². The van der Waals surface area contributed by atoms with Crippen LogP contribution in [0.1, 0.15) is 31.7 Å². The lowest BCUT2D eigenvalue weighted by Crippen LogP contribution is -2.41. The number of nitriles is 1. The molecular formula is C24H25N7O2. The van der Waals surface area contributed by atoms with Gasteiger partial charge >= 0.3 is 0 Å². The Balaban J connectivity index is 1.29. The molecule has 1 aliphatic carbocycles. The Labute approximate surface area is 192 Å². The minimum absolute atomic E-state index is 0.0344. The van der Waals surface area contributed by atoms with Crippen molar-refractivity contribution in [1.29, 1.82) is 5.26 Å². The van der Waals surface area contributed by atoms with Crippen molar-refractivity contribution in [2.45, 2.75) is 31.7 Å². The molecule has 3 aromatic rings. The van der Waals surface area contributed by atoms with Crippen molar-refractivity contribution in [3.05, 3.63) is 48.9 Å². The molecule has 5 rings (SSSR count). The van der Waals surface area contributed by atoms with E-state index in [0.29, 0.717) is 31.4 Å². The summed E-state index contributed by atoms with van der Waals surface area (Å²) in [6, 6.07) is 11.9. The number of aromatic nitrogens is 4. The highest BCUT2D eigenvalue weighted by Crippen LogP contribution is 2.38. The molecule has 0 bridgehead atoms. The van der Waals surface area contributed by atoms with Gasteiger partial charge in [0.15, 0.2) is 0 Å². The highest BCUT2D eigenvalue weighted by Gasteiger charge is 2.29. The molecule has 0 spiro atoms. The zero-order valence-corrected chi connectivity index (χ0v) is 18.2. The molecule has 3 heterocycles. The van der Waals surface area contributed by atoms with Gasteiger partial charge in [-0.05, 0) is 49.1 Å². The summed E-state index contributed by atoms with van der Waals surface area (Å²) in [5, 5.41) is 17.0. The summed E-state index contributed by atoms with van der Waals surface area (Å²) < 4.78 is 7.11. The molecule has 1 saturated heterocycles. The number of anilines is 3. The van der Waals surface area contributed by atoms with Gasteiger partial charge in [-0.2, -0.15) is 10.4 Å². The standard InChI is InChI=1S/C24H25N7O2/c25-10-8-22(17-2-1-3-17)31-15-18(14-27-31)21-9-11-26-24(29-21)28-19-4-6-20(7-5-19)30-12-13-33-16-23(30)32/h4-7,9,11,14-15,17,22H,1-3,8,12-13,16H2,(H,26,28,29). The average Bonchev–Trinajstić information content (AvgIpc) is 3.29. The van der Waals surface area contributed by atoms with Gasteiger partial charge in [-0.25, -0.2) is 9.97 Å². The van der Waals surface area contributed by atoms with Crippen molar-refractivity contribution in [3.8, 4) is 17.3 Å². The number of carbonyl (C=O) groups excluding carboxylic acids is 1. The van der Waals surface area contributed by atoms with E-state index in [0.717, 1.165) is 35.5 Å². The average molecular weight is 444 g/mol. The molecule has 2 aliphatic rings. The fourth-order valence-electron chi connectivity index (χ4n) is 4.27. The molecule has 9 heteroatoms. The van der Waals surface area contributed by atoms with Gasteiger partial charge in [0.2, 0.25) is 5.95 Å². The molecule has 1 N–H and O–H groups in total. The zero-order chi connectivity index (χ0) is 22.6. The number of morpholine rings is 1. The Kier molecular flexibility index (Phi) is 6.00. The lowest BCUT2D eigenvalue weighted by Gasteiger charge is -2.32. The van der Waals surface area contributed by atoms with Crippen LogP contribution in [0.5, 0.6) is 0 Å². The van der Waals surface area contributed by atoms with Gasteiger partial charge in [-0.3, -0.25) is 9.48 Å². The number of benzene rings is 1. The predicted molar refractivity (Wildman–Crippen MR) is 123 cm³/mol. The summed E-state index contributed by atoms with van der Waals surface area (Å²) >= 11 is 0. The second kappa shape index (κ2) is 9.38. The number of rotatable bonds is 7. The van der Waals surface area contributed by atoms with Crippen LogP contribution in [-0.2, 0) is 9.53 Å². The van der Waals surface area contributed by atoms with E-state index in [1.54, 1.807) is 17.3 Å². The normalized spacial score (nSPS) is 17.3. The van der Waals surface area contributed by atoms with Crippen molar-refractivity contribution in [2.75, 3.05) is 30.0 Å². The summed E-state index contributed by atoms with van der Waals surface area (Å²) in [6.07, 6.45) is 9.48. The van der Waals surface area contributed by atoms with Crippen LogP contribution >= 0.6 is 0 Å². The summed E-state index contributed by atoms with van der Waals surface area (Å²) in [6.45, 7) is 1.22. The first kappa shape index (κ1) is 21.1. The molecule has 1 saturated carbocycles. The smallest absolute Gasteiger partial charge is 0.253 e. The molecule has 33 heavy (non-hydrogen) atoms. The van der Waals surface area contributed by atoms with Crippen LogP contribution in [0, 0.1) is 17.2 Å². The molecule has 2 fully saturated rings. The third-order valence-electron chi connectivity index (χ3n) is 6.31. The van der Waals surface area contributed by atoms with E-state index >= 15 is 0 Å². The van der Waals surface area contributed by atoms with Crippen LogP contribution in [-0.4, -0.2) is 45.4 Å². The Morgan fingerprint density at radius 2 is 2.09 bits per heavy atom. The van der Waals surface area contributed by atoms with Crippen LogP contribution in [0.25, 0.3) is 11.3 Å². The van der Waals surface area contributed by atoms with Crippen molar-refractivity contribution in [3.63, 3.8) is 0 Å². The van der Waals surface area contributed by atoms with Gasteiger partial charge in [0, 0.05) is 35.9 Å². The quantitative estimate of drug-likeness (QED) is 0.593. The molecule has 9 nitrogen and oxygen atoms in total. The minimum atomic E-state index is -0.0344. The summed E-state index contributed by atoms with van der Waals surface area (Å²) in [5.41, 5.74) is 3.32. The molecule has 1 aliphatic heterocycles. The van der Waals surface area contributed by atoms with E-state index in [4.69, 9.17) is 4.74 Å². The second-order valence-electron chi connectivity index (χ2n) is 8.36. The van der Waals surface area contributed by atoms with Crippen molar-refractivity contribution < 1.29 is 9.53 Å².